The summed E-state index contributed by atoms with van der Waals surface area (Å²) >= 11 is 0. The SMILES string of the molecule is Nc1nn2cc(F)cnc2c1C(=O)NC1CNC2(CCCCCCCCC2)C(F)C1N1CCC(C(=O)N2CCOCC2)CC1. The highest BCUT2D eigenvalue weighted by Gasteiger charge is 2.52. The van der Waals surface area contributed by atoms with Crippen LogP contribution in [0.4, 0.5) is 14.6 Å². The van der Waals surface area contributed by atoms with Gasteiger partial charge in [0.05, 0.1) is 43.2 Å². The van der Waals surface area contributed by atoms with Crippen LogP contribution in [0.15, 0.2) is 12.4 Å². The molecule has 2 aromatic rings. The number of morpholine rings is 1. The van der Waals surface area contributed by atoms with E-state index in [0.29, 0.717) is 58.8 Å². The topological polar surface area (TPSA) is 130 Å². The van der Waals surface area contributed by atoms with Gasteiger partial charge in [-0.25, -0.2) is 18.3 Å². The Morgan fingerprint density at radius 3 is 2.36 bits per heavy atom. The third-order valence-electron chi connectivity index (χ3n) is 10.3. The van der Waals surface area contributed by atoms with E-state index in [0.717, 1.165) is 55.4 Å². The first kappa shape index (κ1) is 31.1. The van der Waals surface area contributed by atoms with Crippen LogP contribution in [0.25, 0.3) is 5.65 Å². The molecule has 2 aromatic heterocycles. The van der Waals surface area contributed by atoms with Crippen LogP contribution >= 0.6 is 0 Å². The van der Waals surface area contributed by atoms with Crippen molar-refractivity contribution in [3.8, 4) is 0 Å². The zero-order valence-electron chi connectivity index (χ0n) is 25.5. The lowest BCUT2D eigenvalue weighted by Gasteiger charge is -2.53. The van der Waals surface area contributed by atoms with Crippen molar-refractivity contribution < 1.29 is 23.1 Å². The van der Waals surface area contributed by atoms with Gasteiger partial charge in [-0.05, 0) is 38.8 Å². The number of carbonyl (C=O) groups excluding carboxylic acids is 2. The van der Waals surface area contributed by atoms with Crippen LogP contribution < -0.4 is 16.4 Å². The molecule has 2 amide bonds. The van der Waals surface area contributed by atoms with Crippen LogP contribution in [-0.4, -0.2) is 106 Å². The summed E-state index contributed by atoms with van der Waals surface area (Å²) in [7, 11) is 0. The van der Waals surface area contributed by atoms with Gasteiger partial charge in [-0.2, -0.15) is 0 Å². The summed E-state index contributed by atoms with van der Waals surface area (Å²) in [6, 6.07) is -1.13. The Bertz CT molecular complexity index is 1300. The first-order valence-corrected chi connectivity index (χ1v) is 16.5. The Balaban J connectivity index is 1.23. The van der Waals surface area contributed by atoms with E-state index in [2.05, 4.69) is 25.6 Å². The second-order valence-corrected chi connectivity index (χ2v) is 13.0. The normalized spacial score (nSPS) is 27.8. The Morgan fingerprint density at radius 2 is 1.68 bits per heavy atom. The van der Waals surface area contributed by atoms with E-state index in [1.54, 1.807) is 0 Å². The van der Waals surface area contributed by atoms with Crippen LogP contribution in [0.1, 0.15) is 81.0 Å². The fraction of sp³-hybridized carbons (Fsp3) is 0.742. The lowest BCUT2D eigenvalue weighted by molar-refractivity contribution is -0.141. The van der Waals surface area contributed by atoms with Crippen molar-refractivity contribution in [3.05, 3.63) is 23.8 Å². The zero-order chi connectivity index (χ0) is 30.7. The Kier molecular flexibility index (Phi) is 9.62. The molecule has 11 nitrogen and oxygen atoms in total. The van der Waals surface area contributed by atoms with Crippen molar-refractivity contribution >= 4 is 23.3 Å². The smallest absolute Gasteiger partial charge is 0.259 e. The molecule has 1 aliphatic carbocycles. The van der Waals surface area contributed by atoms with Gasteiger partial charge in [-0.1, -0.05) is 44.9 Å². The Morgan fingerprint density at radius 1 is 1.02 bits per heavy atom. The molecule has 4 fully saturated rings. The summed E-state index contributed by atoms with van der Waals surface area (Å²) in [4.78, 5) is 35.0. The number of alkyl halides is 1. The lowest BCUT2D eigenvalue weighted by atomic mass is 9.73. The second-order valence-electron chi connectivity index (χ2n) is 13.0. The van der Waals surface area contributed by atoms with Gasteiger partial charge in [0, 0.05) is 25.6 Å². The molecule has 3 atom stereocenters. The number of fused-ring (bicyclic) bond motifs is 1. The molecule has 1 saturated carbocycles. The van der Waals surface area contributed by atoms with Crippen LogP contribution in [0, 0.1) is 11.7 Å². The van der Waals surface area contributed by atoms with Crippen LogP contribution in [0.5, 0.6) is 0 Å². The van der Waals surface area contributed by atoms with Crippen LogP contribution in [-0.2, 0) is 9.53 Å². The van der Waals surface area contributed by atoms with Crippen molar-refractivity contribution in [1.82, 2.24) is 35.0 Å². The maximum Gasteiger partial charge on any atom is 0.259 e. The van der Waals surface area contributed by atoms with Crippen LogP contribution in [0.2, 0.25) is 0 Å². The van der Waals surface area contributed by atoms with Gasteiger partial charge in [0.2, 0.25) is 5.91 Å². The van der Waals surface area contributed by atoms with Crippen molar-refractivity contribution in [2.24, 2.45) is 5.92 Å². The van der Waals surface area contributed by atoms with Crippen molar-refractivity contribution in [2.75, 3.05) is 51.7 Å². The average Bonchev–Trinajstić information content (AvgIpc) is 3.37. The highest BCUT2D eigenvalue weighted by Crippen LogP contribution is 2.38. The molecule has 0 aromatic carbocycles. The predicted octanol–water partition coefficient (Wildman–Crippen LogP) is 2.69. The van der Waals surface area contributed by atoms with Gasteiger partial charge in [0.15, 0.2) is 17.3 Å². The van der Waals surface area contributed by atoms with E-state index in [9.17, 15) is 14.0 Å². The number of rotatable bonds is 4. The minimum Gasteiger partial charge on any atom is -0.381 e. The van der Waals surface area contributed by atoms with E-state index >= 15 is 4.39 Å². The first-order chi connectivity index (χ1) is 21.4. The molecule has 4 aliphatic rings. The largest absolute Gasteiger partial charge is 0.381 e. The third kappa shape index (κ3) is 6.41. The number of hydrogen-bond acceptors (Lipinski definition) is 8. The number of piperidine rings is 2. The number of likely N-dealkylation sites (tertiary alicyclic amines) is 1. The Hall–Kier alpha value is -2.90. The predicted molar refractivity (Wildman–Crippen MR) is 161 cm³/mol. The molecule has 3 saturated heterocycles. The van der Waals surface area contributed by atoms with E-state index in [1.807, 2.05) is 4.90 Å². The molecule has 0 bridgehead atoms. The third-order valence-corrected chi connectivity index (χ3v) is 10.3. The first-order valence-electron chi connectivity index (χ1n) is 16.5. The number of ether oxygens (including phenoxy) is 1. The summed E-state index contributed by atoms with van der Waals surface area (Å²) in [5, 5.41) is 10.7. The number of amides is 2. The molecule has 0 radical (unpaired) electrons. The maximum atomic E-state index is 17.2. The van der Waals surface area contributed by atoms with Crippen molar-refractivity contribution in [3.63, 3.8) is 0 Å². The number of aromatic nitrogens is 3. The number of nitrogens with one attached hydrogen (secondary N) is 2. The number of anilines is 1. The van der Waals surface area contributed by atoms with Gasteiger partial charge in [0.1, 0.15) is 11.7 Å². The van der Waals surface area contributed by atoms with Gasteiger partial charge >= 0.3 is 0 Å². The second kappa shape index (κ2) is 13.6. The average molecular weight is 617 g/mol. The summed E-state index contributed by atoms with van der Waals surface area (Å²) in [5.74, 6) is -1.11. The van der Waals surface area contributed by atoms with Crippen molar-refractivity contribution in [1.29, 1.82) is 0 Å². The maximum absolute atomic E-state index is 17.2. The molecule has 13 heteroatoms. The molecule has 3 aliphatic heterocycles. The Labute approximate surface area is 257 Å². The highest BCUT2D eigenvalue weighted by molar-refractivity contribution is 6.04. The standard InChI is InChI=1S/C31H46F2N8O3/c32-22-18-35-28-24(27(34)38-41(28)20-22)29(42)37-23-19-36-31(10-6-4-2-1-3-5-7-11-31)26(33)25(23)39-12-8-21(9-13-39)30(43)40-14-16-44-17-15-40/h18,20-21,23,25-26,36H,1-17,19H2,(H2,34,38)(H,37,42). The van der Waals surface area contributed by atoms with E-state index in [1.165, 1.54) is 19.3 Å². The summed E-state index contributed by atoms with van der Waals surface area (Å²) in [6.45, 7) is 3.92. The fourth-order valence-corrected chi connectivity index (χ4v) is 7.85. The number of carbonyl (C=O) groups is 2. The quantitative estimate of drug-likeness (QED) is 0.478. The van der Waals surface area contributed by atoms with Crippen molar-refractivity contribution in [2.45, 2.75) is 94.4 Å². The van der Waals surface area contributed by atoms with Gasteiger partial charge in [-0.3, -0.25) is 14.5 Å². The monoisotopic (exact) mass is 616 g/mol. The number of nitrogens with two attached hydrogens (primary N) is 1. The molecule has 3 unspecified atom stereocenters. The summed E-state index contributed by atoms with van der Waals surface area (Å²) < 4.78 is 37.6. The molecule has 4 N–H and O–H groups in total. The number of hydrogen-bond donors (Lipinski definition) is 3. The summed E-state index contributed by atoms with van der Waals surface area (Å²) in [5.41, 5.74) is 5.62. The lowest BCUT2D eigenvalue weighted by Crippen LogP contribution is -2.73. The van der Waals surface area contributed by atoms with Gasteiger partial charge in [0.25, 0.3) is 5.91 Å². The number of nitrogens with zero attached hydrogens (tertiary/aromatic N) is 5. The fourth-order valence-electron chi connectivity index (χ4n) is 7.85. The number of halogens is 2. The minimum absolute atomic E-state index is 0.0490. The molecular formula is C31H46F2N8O3. The van der Waals surface area contributed by atoms with E-state index in [-0.39, 0.29) is 28.9 Å². The molecular weight excluding hydrogens is 570 g/mol. The molecule has 1 spiro atoms. The zero-order valence-corrected chi connectivity index (χ0v) is 25.5. The highest BCUT2D eigenvalue weighted by atomic mass is 19.1. The number of nitrogen functional groups attached to an aromatic ring is 1. The van der Waals surface area contributed by atoms with E-state index in [4.69, 9.17) is 10.5 Å². The molecule has 6 rings (SSSR count). The summed E-state index contributed by atoms with van der Waals surface area (Å²) in [6.07, 6.45) is 11.4. The molecule has 242 valence electrons. The van der Waals surface area contributed by atoms with Gasteiger partial charge in [-0.15, -0.1) is 5.10 Å². The minimum atomic E-state index is -1.22. The molecule has 5 heterocycles. The molecule has 44 heavy (non-hydrogen) atoms. The van der Waals surface area contributed by atoms with E-state index < -0.39 is 35.5 Å². The van der Waals surface area contributed by atoms with Gasteiger partial charge < -0.3 is 26.0 Å². The van der Waals surface area contributed by atoms with Crippen LogP contribution in [0.3, 0.4) is 0 Å².